The number of rotatable bonds is 1. The fraction of sp³-hybridized carbons (Fsp3) is 0.417. The second kappa shape index (κ2) is 5.46. The van der Waals surface area contributed by atoms with E-state index in [1.165, 1.54) is 0 Å². The van der Waals surface area contributed by atoms with Crippen LogP contribution in [-0.4, -0.2) is 16.2 Å². The summed E-state index contributed by atoms with van der Waals surface area (Å²) in [6.45, 7) is 1.08. The third kappa shape index (κ3) is 3.61. The predicted octanol–water partition coefficient (Wildman–Crippen LogP) is 2.91. The molecule has 1 aliphatic carbocycles. The summed E-state index contributed by atoms with van der Waals surface area (Å²) in [5.41, 5.74) is 0.540. The number of aliphatic hydroxyl groups is 1. The first-order valence-electron chi connectivity index (χ1n) is 5.12. The van der Waals surface area contributed by atoms with Crippen molar-refractivity contribution in [3.8, 4) is 0 Å². The molecule has 0 saturated heterocycles. The minimum atomic E-state index is -0.833. The van der Waals surface area contributed by atoms with Gasteiger partial charge in [0.05, 0.1) is 5.60 Å². The van der Waals surface area contributed by atoms with E-state index < -0.39 is 11.6 Å². The number of carbonyl (C=O) groups is 1. The minimum Gasteiger partial charge on any atom is -0.481 e. The smallest absolute Gasteiger partial charge is 0.300 e. The molecule has 1 aromatic carbocycles. The van der Waals surface area contributed by atoms with Gasteiger partial charge in [-0.1, -0.05) is 28.1 Å². The molecule has 1 aliphatic rings. The van der Waals surface area contributed by atoms with E-state index in [1.54, 1.807) is 0 Å². The fourth-order valence-corrected chi connectivity index (χ4v) is 1.82. The lowest BCUT2D eigenvalue weighted by atomic mass is 9.75. The number of aliphatic carboxylic acids is 1. The number of benzene rings is 1. The topological polar surface area (TPSA) is 57.5 Å². The molecule has 1 fully saturated rings. The maximum atomic E-state index is 9.96. The van der Waals surface area contributed by atoms with Crippen molar-refractivity contribution >= 4 is 21.9 Å². The quantitative estimate of drug-likeness (QED) is 0.835. The Balaban J connectivity index is 0.000000280. The van der Waals surface area contributed by atoms with E-state index in [9.17, 15) is 5.11 Å². The highest BCUT2D eigenvalue weighted by atomic mass is 79.9. The molecule has 0 unspecified atom stereocenters. The summed E-state index contributed by atoms with van der Waals surface area (Å²) >= 11 is 3.37. The molecule has 3 nitrogen and oxygen atoms in total. The SMILES string of the molecule is CC(=O)O.OC1(c2ccc(Br)cc2)CCC1. The second-order valence-corrected chi connectivity index (χ2v) is 4.83. The predicted molar refractivity (Wildman–Crippen MR) is 65.2 cm³/mol. The van der Waals surface area contributed by atoms with Crippen LogP contribution in [0.15, 0.2) is 28.7 Å². The number of halogens is 1. The van der Waals surface area contributed by atoms with E-state index >= 15 is 0 Å². The van der Waals surface area contributed by atoms with Crippen LogP contribution in [0.25, 0.3) is 0 Å². The molecule has 2 N–H and O–H groups in total. The van der Waals surface area contributed by atoms with Crippen molar-refractivity contribution in [2.24, 2.45) is 0 Å². The number of hydrogen-bond donors (Lipinski definition) is 2. The Kier molecular flexibility index (Phi) is 4.50. The number of carboxylic acids is 1. The highest BCUT2D eigenvalue weighted by Gasteiger charge is 2.35. The van der Waals surface area contributed by atoms with Crippen LogP contribution in [0.4, 0.5) is 0 Å². The summed E-state index contributed by atoms with van der Waals surface area (Å²) in [5.74, 6) is -0.833. The van der Waals surface area contributed by atoms with Crippen LogP contribution in [0.3, 0.4) is 0 Å². The number of hydrogen-bond acceptors (Lipinski definition) is 2. The summed E-state index contributed by atoms with van der Waals surface area (Å²) in [6.07, 6.45) is 2.97. The first-order valence-corrected chi connectivity index (χ1v) is 5.91. The first kappa shape index (κ1) is 13.2. The van der Waals surface area contributed by atoms with Crippen LogP contribution in [0, 0.1) is 0 Å². The van der Waals surface area contributed by atoms with Gasteiger partial charge < -0.3 is 10.2 Å². The molecule has 0 radical (unpaired) electrons. The second-order valence-electron chi connectivity index (χ2n) is 3.91. The van der Waals surface area contributed by atoms with Gasteiger partial charge in [0.25, 0.3) is 5.97 Å². The van der Waals surface area contributed by atoms with Crippen molar-refractivity contribution in [3.05, 3.63) is 34.3 Å². The largest absolute Gasteiger partial charge is 0.481 e. The molecule has 16 heavy (non-hydrogen) atoms. The van der Waals surface area contributed by atoms with E-state index in [4.69, 9.17) is 9.90 Å². The molecule has 1 aromatic rings. The Bertz CT molecular complexity index is 351. The normalized spacial score (nSPS) is 16.7. The Morgan fingerprint density at radius 1 is 1.31 bits per heavy atom. The van der Waals surface area contributed by atoms with E-state index in [1.807, 2.05) is 24.3 Å². The van der Waals surface area contributed by atoms with Crippen LogP contribution >= 0.6 is 15.9 Å². The average molecular weight is 287 g/mol. The van der Waals surface area contributed by atoms with Crippen LogP contribution in [0.1, 0.15) is 31.7 Å². The third-order valence-corrected chi connectivity index (χ3v) is 3.09. The zero-order chi connectivity index (χ0) is 12.2. The third-order valence-electron chi connectivity index (χ3n) is 2.56. The van der Waals surface area contributed by atoms with E-state index in [-0.39, 0.29) is 0 Å². The van der Waals surface area contributed by atoms with Crippen molar-refractivity contribution in [3.63, 3.8) is 0 Å². The molecule has 2 rings (SSSR count). The van der Waals surface area contributed by atoms with Gasteiger partial charge in [0, 0.05) is 11.4 Å². The van der Waals surface area contributed by atoms with Gasteiger partial charge in [-0.3, -0.25) is 4.79 Å². The molecule has 0 aromatic heterocycles. The van der Waals surface area contributed by atoms with Gasteiger partial charge in [-0.25, -0.2) is 0 Å². The van der Waals surface area contributed by atoms with Gasteiger partial charge in [0.15, 0.2) is 0 Å². The van der Waals surface area contributed by atoms with Gasteiger partial charge in [-0.2, -0.15) is 0 Å². The average Bonchev–Trinajstić information content (AvgIpc) is 2.14. The van der Waals surface area contributed by atoms with Gasteiger partial charge in [-0.05, 0) is 37.0 Å². The van der Waals surface area contributed by atoms with Gasteiger partial charge in [-0.15, -0.1) is 0 Å². The van der Waals surface area contributed by atoms with Gasteiger partial charge in [0.2, 0.25) is 0 Å². The molecule has 88 valence electrons. The lowest BCUT2D eigenvalue weighted by molar-refractivity contribution is -0.134. The maximum absolute atomic E-state index is 9.96. The summed E-state index contributed by atoms with van der Waals surface area (Å²) < 4.78 is 1.06. The summed E-state index contributed by atoms with van der Waals surface area (Å²) in [5, 5.41) is 17.4. The van der Waals surface area contributed by atoms with Crippen LogP contribution in [-0.2, 0) is 10.4 Å². The fourth-order valence-electron chi connectivity index (χ4n) is 1.56. The number of carboxylic acid groups (broad SMARTS) is 1. The van der Waals surface area contributed by atoms with E-state index in [0.717, 1.165) is 36.2 Å². The summed E-state index contributed by atoms with van der Waals surface area (Å²) in [7, 11) is 0. The summed E-state index contributed by atoms with van der Waals surface area (Å²) in [4.78, 5) is 9.00. The van der Waals surface area contributed by atoms with Crippen molar-refractivity contribution < 1.29 is 15.0 Å². The maximum Gasteiger partial charge on any atom is 0.300 e. The molecule has 0 aliphatic heterocycles. The Morgan fingerprint density at radius 3 is 2.06 bits per heavy atom. The van der Waals surface area contributed by atoms with Gasteiger partial charge in [0.1, 0.15) is 0 Å². The zero-order valence-electron chi connectivity index (χ0n) is 9.11. The molecule has 0 spiro atoms. The minimum absolute atomic E-state index is 0.513. The monoisotopic (exact) mass is 286 g/mol. The Morgan fingerprint density at radius 2 is 1.75 bits per heavy atom. The zero-order valence-corrected chi connectivity index (χ0v) is 10.7. The Labute approximate surface area is 103 Å². The van der Waals surface area contributed by atoms with E-state index in [0.29, 0.717) is 0 Å². The van der Waals surface area contributed by atoms with Crippen LogP contribution in [0.2, 0.25) is 0 Å². The lowest BCUT2D eigenvalue weighted by Crippen LogP contribution is -2.33. The van der Waals surface area contributed by atoms with Crippen LogP contribution in [0.5, 0.6) is 0 Å². The molecule has 0 bridgehead atoms. The van der Waals surface area contributed by atoms with Crippen molar-refractivity contribution in [1.82, 2.24) is 0 Å². The Hall–Kier alpha value is -0.870. The highest BCUT2D eigenvalue weighted by molar-refractivity contribution is 9.10. The lowest BCUT2D eigenvalue weighted by Gasteiger charge is -2.37. The molecule has 0 amide bonds. The highest BCUT2D eigenvalue weighted by Crippen LogP contribution is 2.41. The molecule has 1 saturated carbocycles. The molecule has 0 heterocycles. The molecule has 0 atom stereocenters. The van der Waals surface area contributed by atoms with Gasteiger partial charge >= 0.3 is 0 Å². The van der Waals surface area contributed by atoms with Crippen molar-refractivity contribution in [2.75, 3.05) is 0 Å². The van der Waals surface area contributed by atoms with Crippen molar-refractivity contribution in [2.45, 2.75) is 31.8 Å². The summed E-state index contributed by atoms with van der Waals surface area (Å²) in [6, 6.07) is 7.93. The van der Waals surface area contributed by atoms with Crippen molar-refractivity contribution in [1.29, 1.82) is 0 Å². The van der Waals surface area contributed by atoms with Crippen LogP contribution < -0.4 is 0 Å². The standard InChI is InChI=1S/C10H11BrO.C2H4O2/c11-9-4-2-8(3-5-9)10(12)6-1-7-10;1-2(3)4/h2-5,12H,1,6-7H2;1H3,(H,3,4). The molecular weight excluding hydrogens is 272 g/mol. The molecular formula is C12H15BrO3. The van der Waals surface area contributed by atoms with E-state index in [2.05, 4.69) is 15.9 Å². The molecule has 4 heteroatoms. The first-order chi connectivity index (χ1) is 7.44.